The Morgan fingerprint density at radius 3 is 2.54 bits per heavy atom. The largest absolute Gasteiger partial charge is 0.478 e. The van der Waals surface area contributed by atoms with E-state index in [9.17, 15) is 9.90 Å². The van der Waals surface area contributed by atoms with Crippen LogP contribution in [0.25, 0.3) is 6.08 Å². The molecule has 0 bridgehead atoms. The lowest BCUT2D eigenvalue weighted by Crippen LogP contribution is -2.28. The highest BCUT2D eigenvalue weighted by Crippen LogP contribution is 2.12. The summed E-state index contributed by atoms with van der Waals surface area (Å²) in [5.41, 5.74) is 2.32. The zero-order valence-corrected chi connectivity index (χ0v) is 13.9. The van der Waals surface area contributed by atoms with Crippen LogP contribution in [0.4, 0.5) is 0 Å². The third kappa shape index (κ3) is 5.65. The average Bonchev–Trinajstić information content (AvgIpc) is 2.60. The van der Waals surface area contributed by atoms with Gasteiger partial charge in [0.15, 0.2) is 0 Å². The molecule has 24 heavy (non-hydrogen) atoms. The molecule has 0 amide bonds. The quantitative estimate of drug-likeness (QED) is 0.766. The highest BCUT2D eigenvalue weighted by atomic mass is 16.5. The molecule has 2 aromatic rings. The van der Waals surface area contributed by atoms with Crippen molar-refractivity contribution in [3.8, 4) is 0 Å². The van der Waals surface area contributed by atoms with Crippen LogP contribution in [-0.4, -0.2) is 42.8 Å². The summed E-state index contributed by atoms with van der Waals surface area (Å²) in [5, 5.41) is 9.32. The number of carboxylic acid groups (broad SMARTS) is 1. The summed E-state index contributed by atoms with van der Waals surface area (Å²) >= 11 is 0. The second kappa shape index (κ2) is 9.65. The van der Waals surface area contributed by atoms with Crippen molar-refractivity contribution in [1.82, 2.24) is 4.90 Å². The third-order valence-corrected chi connectivity index (χ3v) is 3.73. The third-order valence-electron chi connectivity index (χ3n) is 3.73. The van der Waals surface area contributed by atoms with Gasteiger partial charge < -0.3 is 9.84 Å². The van der Waals surface area contributed by atoms with E-state index in [4.69, 9.17) is 4.74 Å². The van der Waals surface area contributed by atoms with Gasteiger partial charge in [-0.2, -0.15) is 0 Å². The fourth-order valence-electron chi connectivity index (χ4n) is 2.47. The lowest BCUT2D eigenvalue weighted by atomic mass is 10.1. The number of aromatic carboxylic acids is 1. The predicted molar refractivity (Wildman–Crippen MR) is 96.0 cm³/mol. The van der Waals surface area contributed by atoms with Gasteiger partial charge >= 0.3 is 5.97 Å². The maximum absolute atomic E-state index is 11.4. The number of benzene rings is 2. The van der Waals surface area contributed by atoms with E-state index in [0.717, 1.165) is 24.2 Å². The zero-order valence-electron chi connectivity index (χ0n) is 13.9. The van der Waals surface area contributed by atoms with Gasteiger partial charge in [0.25, 0.3) is 0 Å². The second-order valence-electron chi connectivity index (χ2n) is 5.50. The van der Waals surface area contributed by atoms with Crippen molar-refractivity contribution in [2.24, 2.45) is 0 Å². The molecule has 4 nitrogen and oxygen atoms in total. The topological polar surface area (TPSA) is 49.8 Å². The summed E-state index contributed by atoms with van der Waals surface area (Å²) in [4.78, 5) is 13.5. The molecule has 2 rings (SSSR count). The average molecular weight is 325 g/mol. The summed E-state index contributed by atoms with van der Waals surface area (Å²) in [5.74, 6) is -0.892. The van der Waals surface area contributed by atoms with Crippen LogP contribution in [0.5, 0.6) is 0 Å². The Morgan fingerprint density at radius 2 is 1.83 bits per heavy atom. The van der Waals surface area contributed by atoms with Crippen LogP contribution in [0, 0.1) is 0 Å². The van der Waals surface area contributed by atoms with Gasteiger partial charge in [0.1, 0.15) is 0 Å². The molecule has 0 heterocycles. The van der Waals surface area contributed by atoms with Gasteiger partial charge in [-0.1, -0.05) is 60.7 Å². The SMILES string of the molecule is COCCN(CC=Cc1ccccc1)Cc1ccccc1C(=O)O. The summed E-state index contributed by atoms with van der Waals surface area (Å²) < 4.78 is 5.17. The van der Waals surface area contributed by atoms with Gasteiger partial charge in [-0.3, -0.25) is 4.90 Å². The van der Waals surface area contributed by atoms with E-state index in [2.05, 4.69) is 29.2 Å². The van der Waals surface area contributed by atoms with Gasteiger partial charge in [-0.15, -0.1) is 0 Å². The Hall–Kier alpha value is -2.43. The smallest absolute Gasteiger partial charge is 0.336 e. The molecule has 4 heteroatoms. The first-order valence-corrected chi connectivity index (χ1v) is 7.95. The number of carbonyl (C=O) groups is 1. The van der Waals surface area contributed by atoms with Crippen LogP contribution in [-0.2, 0) is 11.3 Å². The van der Waals surface area contributed by atoms with E-state index in [0.29, 0.717) is 18.7 Å². The number of rotatable bonds is 9. The van der Waals surface area contributed by atoms with Gasteiger partial charge in [0.05, 0.1) is 12.2 Å². The van der Waals surface area contributed by atoms with Crippen molar-refractivity contribution in [3.63, 3.8) is 0 Å². The van der Waals surface area contributed by atoms with Crippen LogP contribution in [0.3, 0.4) is 0 Å². The second-order valence-corrected chi connectivity index (χ2v) is 5.50. The van der Waals surface area contributed by atoms with Gasteiger partial charge in [-0.05, 0) is 17.2 Å². The number of nitrogens with zero attached hydrogens (tertiary/aromatic N) is 1. The number of ether oxygens (including phenoxy) is 1. The Labute approximate surface area is 143 Å². The molecular weight excluding hydrogens is 302 g/mol. The van der Waals surface area contributed by atoms with Crippen molar-refractivity contribution >= 4 is 12.0 Å². The molecule has 0 aliphatic rings. The van der Waals surface area contributed by atoms with E-state index in [1.165, 1.54) is 0 Å². The molecule has 0 saturated heterocycles. The van der Waals surface area contributed by atoms with Crippen LogP contribution < -0.4 is 0 Å². The number of hydrogen-bond donors (Lipinski definition) is 1. The standard InChI is InChI=1S/C20H23NO3/c1-24-15-14-21(13-7-10-17-8-3-2-4-9-17)16-18-11-5-6-12-19(18)20(22)23/h2-12H,13-16H2,1H3,(H,22,23). The van der Waals surface area contributed by atoms with Crippen LogP contribution in [0.15, 0.2) is 60.7 Å². The van der Waals surface area contributed by atoms with E-state index < -0.39 is 5.97 Å². The van der Waals surface area contributed by atoms with E-state index in [-0.39, 0.29) is 0 Å². The highest BCUT2D eigenvalue weighted by molar-refractivity contribution is 5.89. The summed E-state index contributed by atoms with van der Waals surface area (Å²) in [6.07, 6.45) is 4.16. The van der Waals surface area contributed by atoms with Crippen molar-refractivity contribution < 1.29 is 14.6 Å². The van der Waals surface area contributed by atoms with E-state index >= 15 is 0 Å². The molecule has 0 radical (unpaired) electrons. The molecule has 0 aliphatic carbocycles. The van der Waals surface area contributed by atoms with Gasteiger partial charge in [0, 0.05) is 26.7 Å². The number of methoxy groups -OCH3 is 1. The zero-order chi connectivity index (χ0) is 17.2. The Morgan fingerprint density at radius 1 is 1.12 bits per heavy atom. The Kier molecular flexibility index (Phi) is 7.21. The molecule has 0 unspecified atom stereocenters. The van der Waals surface area contributed by atoms with E-state index in [1.54, 1.807) is 19.2 Å². The molecule has 2 aromatic carbocycles. The molecule has 0 aliphatic heterocycles. The highest BCUT2D eigenvalue weighted by Gasteiger charge is 2.12. The summed E-state index contributed by atoms with van der Waals surface area (Å²) in [7, 11) is 1.67. The number of hydrogen-bond acceptors (Lipinski definition) is 3. The molecule has 0 saturated carbocycles. The van der Waals surface area contributed by atoms with Crippen molar-refractivity contribution in [3.05, 3.63) is 77.4 Å². The Balaban J connectivity index is 2.05. The van der Waals surface area contributed by atoms with Crippen molar-refractivity contribution in [2.75, 3.05) is 26.8 Å². The Bertz CT molecular complexity index is 668. The molecule has 0 fully saturated rings. The first-order chi connectivity index (χ1) is 11.7. The van der Waals surface area contributed by atoms with Crippen LogP contribution >= 0.6 is 0 Å². The monoisotopic (exact) mass is 325 g/mol. The molecule has 126 valence electrons. The van der Waals surface area contributed by atoms with E-state index in [1.807, 2.05) is 30.3 Å². The lowest BCUT2D eigenvalue weighted by Gasteiger charge is -2.21. The molecule has 0 aromatic heterocycles. The lowest BCUT2D eigenvalue weighted by molar-refractivity contribution is 0.0694. The maximum Gasteiger partial charge on any atom is 0.336 e. The minimum atomic E-state index is -0.892. The fraction of sp³-hybridized carbons (Fsp3) is 0.250. The summed E-state index contributed by atoms with van der Waals surface area (Å²) in [6, 6.07) is 17.2. The van der Waals surface area contributed by atoms with Gasteiger partial charge in [-0.25, -0.2) is 4.79 Å². The molecule has 1 N–H and O–H groups in total. The minimum Gasteiger partial charge on any atom is -0.478 e. The first-order valence-electron chi connectivity index (χ1n) is 7.95. The molecule has 0 spiro atoms. The van der Waals surface area contributed by atoms with Gasteiger partial charge in [0.2, 0.25) is 0 Å². The molecule has 0 atom stereocenters. The van der Waals surface area contributed by atoms with Crippen LogP contribution in [0.1, 0.15) is 21.5 Å². The number of carboxylic acids is 1. The van der Waals surface area contributed by atoms with Crippen molar-refractivity contribution in [1.29, 1.82) is 0 Å². The predicted octanol–water partition coefficient (Wildman–Crippen LogP) is 3.55. The maximum atomic E-state index is 11.4. The fourth-order valence-corrected chi connectivity index (χ4v) is 2.47. The summed E-state index contributed by atoms with van der Waals surface area (Å²) in [6.45, 7) is 2.65. The first kappa shape index (κ1) is 17.9. The molecular formula is C20H23NO3. The normalized spacial score (nSPS) is 11.2. The van der Waals surface area contributed by atoms with Crippen LogP contribution in [0.2, 0.25) is 0 Å². The minimum absolute atomic E-state index is 0.354. The van der Waals surface area contributed by atoms with Crippen molar-refractivity contribution in [2.45, 2.75) is 6.54 Å².